The number of aromatic nitrogens is 2. The van der Waals surface area contributed by atoms with Crippen LogP contribution in [0.25, 0.3) is 0 Å². The third kappa shape index (κ3) is 4.70. The first kappa shape index (κ1) is 23.1. The van der Waals surface area contributed by atoms with Crippen LogP contribution in [0.3, 0.4) is 0 Å². The van der Waals surface area contributed by atoms with Gasteiger partial charge in [-0.3, -0.25) is 30.3 Å². The summed E-state index contributed by atoms with van der Waals surface area (Å²) in [6.45, 7) is 4.08. The van der Waals surface area contributed by atoms with Crippen LogP contribution < -0.4 is 16.7 Å². The van der Waals surface area contributed by atoms with Crippen molar-refractivity contribution in [2.75, 3.05) is 12.0 Å². The van der Waals surface area contributed by atoms with Gasteiger partial charge in [0, 0.05) is 24.7 Å². The van der Waals surface area contributed by atoms with Gasteiger partial charge in [0.25, 0.3) is 11.2 Å². The number of H-pyrrole nitrogens is 2. The highest BCUT2D eigenvalue weighted by atomic mass is 32.2. The molecule has 3 rings (SSSR count). The van der Waals surface area contributed by atoms with Gasteiger partial charge in [-0.1, -0.05) is 6.92 Å². The number of hydrazone groups is 1. The van der Waals surface area contributed by atoms with Crippen LogP contribution in [0.4, 0.5) is 11.4 Å². The second-order valence-electron chi connectivity index (χ2n) is 7.57. The number of rotatable bonds is 6. The van der Waals surface area contributed by atoms with Crippen molar-refractivity contribution in [1.29, 1.82) is 0 Å². The Kier molecular flexibility index (Phi) is 6.45. The summed E-state index contributed by atoms with van der Waals surface area (Å²) in [5.41, 5.74) is -0.214. The Balaban J connectivity index is 2.00. The predicted octanol–water partition coefficient (Wildman–Crippen LogP) is 0.932. The minimum Gasteiger partial charge on any atom is -0.494 e. The van der Waals surface area contributed by atoms with Crippen LogP contribution in [0, 0.1) is 16.0 Å². The molecule has 4 N–H and O–H groups in total. The molecule has 2 atom stereocenters. The van der Waals surface area contributed by atoms with E-state index in [1.807, 2.05) is 16.9 Å². The fourth-order valence-electron chi connectivity index (χ4n) is 3.57. The van der Waals surface area contributed by atoms with Crippen molar-refractivity contribution in [2.45, 2.75) is 37.6 Å². The van der Waals surface area contributed by atoms with E-state index in [2.05, 4.69) is 10.5 Å². The second-order valence-corrected chi connectivity index (χ2v) is 9.43. The number of nitro benzene ring substituents is 1. The van der Waals surface area contributed by atoms with Gasteiger partial charge in [0.2, 0.25) is 15.9 Å². The van der Waals surface area contributed by atoms with E-state index in [0.29, 0.717) is 18.8 Å². The van der Waals surface area contributed by atoms with Gasteiger partial charge in [0.05, 0.1) is 16.8 Å². The van der Waals surface area contributed by atoms with Crippen molar-refractivity contribution >= 4 is 27.6 Å². The van der Waals surface area contributed by atoms with Crippen molar-refractivity contribution in [2.24, 2.45) is 11.0 Å². The molecule has 0 spiro atoms. The van der Waals surface area contributed by atoms with Crippen LogP contribution in [0.1, 0.15) is 32.3 Å². The highest BCUT2D eigenvalue weighted by Crippen LogP contribution is 2.33. The summed E-state index contributed by atoms with van der Waals surface area (Å²) in [6, 6.07) is 2.96. The molecule has 1 aromatic carbocycles. The molecule has 0 radical (unpaired) electrons. The molecule has 0 amide bonds. The number of hydrogen-bond acceptors (Lipinski definition) is 9. The van der Waals surface area contributed by atoms with Crippen LogP contribution in [-0.4, -0.2) is 51.5 Å². The lowest BCUT2D eigenvalue weighted by Crippen LogP contribution is -2.44. The van der Waals surface area contributed by atoms with Gasteiger partial charge in [-0.15, -0.1) is 0 Å². The number of anilines is 1. The first-order valence-corrected chi connectivity index (χ1v) is 11.1. The number of aromatic amines is 2. The molecule has 14 heteroatoms. The molecule has 1 aliphatic rings. The predicted molar refractivity (Wildman–Crippen MR) is 115 cm³/mol. The monoisotopic (exact) mass is 466 g/mol. The van der Waals surface area contributed by atoms with E-state index in [1.54, 1.807) is 6.92 Å². The van der Waals surface area contributed by atoms with Gasteiger partial charge in [-0.25, -0.2) is 13.2 Å². The third-order valence-corrected chi connectivity index (χ3v) is 7.23. The molecular weight excluding hydrogens is 444 g/mol. The number of nitrogens with one attached hydrogen (secondary N) is 3. The molecule has 1 aromatic heterocycles. The standard InChI is InChI=1S/C18H22N6O7S/c1-10-5-6-23(11(2)7-10)32(30,31)15-8-12(24(28)29)3-4-14(15)22-19-9-13-16(25)20-18(27)21-17(13)26/h3-4,8-11,22H,5-7H2,1-2H3,(H3,20,21,25,26,27)/t10-,11+/m0/s1. The molecule has 0 aliphatic carbocycles. The highest BCUT2D eigenvalue weighted by molar-refractivity contribution is 7.89. The quantitative estimate of drug-likeness (QED) is 0.274. The summed E-state index contributed by atoms with van der Waals surface area (Å²) in [5.74, 6) is -0.371. The van der Waals surface area contributed by atoms with Gasteiger partial charge in [-0.05, 0) is 31.7 Å². The third-order valence-electron chi connectivity index (χ3n) is 5.18. The highest BCUT2D eigenvalue weighted by Gasteiger charge is 2.35. The first-order valence-electron chi connectivity index (χ1n) is 9.65. The molecule has 0 bridgehead atoms. The summed E-state index contributed by atoms with van der Waals surface area (Å²) in [4.78, 5) is 37.0. The van der Waals surface area contributed by atoms with Crippen LogP contribution in [0.15, 0.2) is 37.8 Å². The minimum atomic E-state index is -4.11. The Hall–Kier alpha value is -3.52. The van der Waals surface area contributed by atoms with E-state index in [0.717, 1.165) is 18.3 Å². The zero-order valence-electron chi connectivity index (χ0n) is 17.2. The van der Waals surface area contributed by atoms with Gasteiger partial charge in [-0.2, -0.15) is 9.41 Å². The zero-order chi connectivity index (χ0) is 23.6. The number of sulfonamides is 1. The van der Waals surface area contributed by atoms with Gasteiger partial charge in [0.15, 0.2) is 0 Å². The Labute approximate surface area is 182 Å². The number of hydrogen-bond donors (Lipinski definition) is 4. The summed E-state index contributed by atoms with van der Waals surface area (Å²) >= 11 is 0. The summed E-state index contributed by atoms with van der Waals surface area (Å²) in [7, 11) is -4.11. The summed E-state index contributed by atoms with van der Waals surface area (Å²) < 4.78 is 28.0. The zero-order valence-corrected chi connectivity index (χ0v) is 18.0. The molecule has 2 aromatic rings. The molecule has 32 heavy (non-hydrogen) atoms. The number of nitro groups is 1. The van der Waals surface area contributed by atoms with E-state index in [1.165, 1.54) is 10.4 Å². The molecular formula is C18H22N6O7S. The molecule has 0 unspecified atom stereocenters. The molecule has 0 saturated carbocycles. The van der Waals surface area contributed by atoms with E-state index in [4.69, 9.17) is 0 Å². The molecule has 2 heterocycles. The van der Waals surface area contributed by atoms with Crippen molar-refractivity contribution < 1.29 is 18.4 Å². The van der Waals surface area contributed by atoms with Crippen LogP contribution in [-0.2, 0) is 10.0 Å². The topological polar surface area (TPSA) is 191 Å². The fraction of sp³-hybridized carbons (Fsp3) is 0.389. The number of nitrogens with zero attached hydrogens (tertiary/aromatic N) is 3. The van der Waals surface area contributed by atoms with E-state index < -0.39 is 37.8 Å². The average Bonchev–Trinajstić information content (AvgIpc) is 2.69. The van der Waals surface area contributed by atoms with E-state index in [-0.39, 0.29) is 28.7 Å². The van der Waals surface area contributed by atoms with Crippen LogP contribution in [0.2, 0.25) is 0 Å². The largest absolute Gasteiger partial charge is 0.494 e. The van der Waals surface area contributed by atoms with Crippen molar-refractivity contribution in [1.82, 2.24) is 14.3 Å². The molecule has 172 valence electrons. The van der Waals surface area contributed by atoms with Crippen LogP contribution >= 0.6 is 0 Å². The van der Waals surface area contributed by atoms with Gasteiger partial charge < -0.3 is 5.11 Å². The maximum atomic E-state index is 13.4. The number of non-ortho nitro benzene ring substituents is 1. The summed E-state index contributed by atoms with van der Waals surface area (Å²) in [5, 5.41) is 24.7. The van der Waals surface area contributed by atoms with Crippen molar-refractivity contribution in [3.63, 3.8) is 0 Å². The lowest BCUT2D eigenvalue weighted by Gasteiger charge is -2.35. The Morgan fingerprint density at radius 2 is 2.03 bits per heavy atom. The Bertz CT molecular complexity index is 1280. The average molecular weight is 466 g/mol. The molecule has 1 saturated heterocycles. The normalized spacial score (nSPS) is 19.8. The van der Waals surface area contributed by atoms with Gasteiger partial charge >= 0.3 is 5.69 Å². The second kappa shape index (κ2) is 8.92. The maximum absolute atomic E-state index is 13.4. The van der Waals surface area contributed by atoms with E-state index >= 15 is 0 Å². The molecule has 1 aliphatic heterocycles. The summed E-state index contributed by atoms with van der Waals surface area (Å²) in [6.07, 6.45) is 2.20. The van der Waals surface area contributed by atoms with Gasteiger partial charge in [0.1, 0.15) is 10.5 Å². The molecule has 1 fully saturated rings. The lowest BCUT2D eigenvalue weighted by atomic mass is 9.95. The minimum absolute atomic E-state index is 0.0574. The number of benzene rings is 1. The Morgan fingerprint density at radius 1 is 1.31 bits per heavy atom. The fourth-order valence-corrected chi connectivity index (χ4v) is 5.39. The first-order chi connectivity index (χ1) is 15.0. The smallest absolute Gasteiger partial charge is 0.328 e. The number of piperidine rings is 1. The van der Waals surface area contributed by atoms with Crippen molar-refractivity contribution in [3.05, 3.63) is 54.7 Å². The number of aromatic hydroxyl groups is 1. The lowest BCUT2D eigenvalue weighted by molar-refractivity contribution is -0.385. The van der Waals surface area contributed by atoms with E-state index in [9.17, 15) is 33.2 Å². The molecule has 13 nitrogen and oxygen atoms in total. The van der Waals surface area contributed by atoms with Crippen LogP contribution in [0.5, 0.6) is 5.88 Å². The maximum Gasteiger partial charge on any atom is 0.328 e. The Morgan fingerprint density at radius 3 is 2.66 bits per heavy atom. The van der Waals surface area contributed by atoms with Crippen molar-refractivity contribution in [3.8, 4) is 5.88 Å². The SMILES string of the molecule is C[C@H]1CCN(S(=O)(=O)c2cc([N+](=O)[O-])ccc2NN=Cc2c(O)[nH]c(=O)[nH]c2=O)[C@H](C)C1.